The normalized spacial score (nSPS) is 14.5. The summed E-state index contributed by atoms with van der Waals surface area (Å²) in [7, 11) is 0. The molecule has 7 heteroatoms. The Bertz CT molecular complexity index is 1060. The van der Waals surface area contributed by atoms with Crippen LogP contribution < -0.4 is 0 Å². The van der Waals surface area contributed by atoms with Crippen molar-refractivity contribution in [3.05, 3.63) is 75.9 Å². The zero-order valence-corrected chi connectivity index (χ0v) is 14.8. The number of fused-ring (bicyclic) bond motifs is 1. The summed E-state index contributed by atoms with van der Waals surface area (Å²) in [6.07, 6.45) is -4.89. The van der Waals surface area contributed by atoms with E-state index in [9.17, 15) is 18.3 Å². The van der Waals surface area contributed by atoms with E-state index in [0.717, 1.165) is 27.0 Å². The lowest BCUT2D eigenvalue weighted by Crippen LogP contribution is -2.43. The largest absolute Gasteiger partial charge is 0.428 e. The smallest absolute Gasteiger partial charge is 0.370 e. The quantitative estimate of drug-likeness (QED) is 0.477. The third-order valence-corrected chi connectivity index (χ3v) is 6.09. The van der Waals surface area contributed by atoms with Crippen molar-refractivity contribution < 1.29 is 18.3 Å². The van der Waals surface area contributed by atoms with E-state index in [0.29, 0.717) is 5.69 Å². The number of hydrogen-bond acceptors (Lipinski definition) is 4. The zero-order valence-electron chi connectivity index (χ0n) is 13.2. The maximum Gasteiger partial charge on any atom is 0.428 e. The molecule has 26 heavy (non-hydrogen) atoms. The Morgan fingerprint density at radius 3 is 2.27 bits per heavy atom. The van der Waals surface area contributed by atoms with Gasteiger partial charge in [-0.15, -0.1) is 22.7 Å². The number of hydrogen-bond donors (Lipinski definition) is 1. The van der Waals surface area contributed by atoms with Crippen molar-refractivity contribution in [2.24, 2.45) is 0 Å². The van der Waals surface area contributed by atoms with Crippen molar-refractivity contribution in [1.82, 2.24) is 4.98 Å². The molecular formula is C19H12F3NOS2. The number of alkyl halides is 3. The molecule has 0 saturated carbocycles. The van der Waals surface area contributed by atoms with Crippen LogP contribution in [0.3, 0.4) is 0 Å². The molecule has 2 aromatic carbocycles. The highest BCUT2D eigenvalue weighted by atomic mass is 32.1. The molecule has 2 heterocycles. The highest BCUT2D eigenvalue weighted by Gasteiger charge is 2.58. The Kier molecular flexibility index (Phi) is 4.10. The first-order chi connectivity index (χ1) is 12.4. The minimum atomic E-state index is -4.89. The van der Waals surface area contributed by atoms with E-state index in [1.54, 1.807) is 11.4 Å². The minimum absolute atomic E-state index is 0.247. The molecule has 4 aromatic rings. The molecule has 0 spiro atoms. The Hall–Kier alpha value is -2.22. The zero-order chi connectivity index (χ0) is 18.4. The second kappa shape index (κ2) is 6.19. The molecule has 2 nitrogen and oxygen atoms in total. The molecule has 0 aliphatic rings. The summed E-state index contributed by atoms with van der Waals surface area (Å²) in [6, 6.07) is 14.7. The highest BCUT2D eigenvalue weighted by Crippen LogP contribution is 2.46. The average molecular weight is 391 g/mol. The maximum atomic E-state index is 13.8. The van der Waals surface area contributed by atoms with E-state index < -0.39 is 11.8 Å². The number of halogens is 3. The Labute approximate surface area is 155 Å². The van der Waals surface area contributed by atoms with Crippen molar-refractivity contribution >= 4 is 32.8 Å². The first-order valence-corrected chi connectivity index (χ1v) is 9.44. The standard InChI is InChI=1S/C19H12F3NOS2/c20-19(21,22)18(24,12-6-2-1-3-7-12)17-23-15(11-26-17)14-10-25-16-9-5-4-8-13(14)16/h1-11,24H. The first kappa shape index (κ1) is 17.2. The van der Waals surface area contributed by atoms with E-state index in [1.807, 2.05) is 29.6 Å². The Morgan fingerprint density at radius 2 is 1.54 bits per heavy atom. The third kappa shape index (κ3) is 2.63. The Morgan fingerprint density at radius 1 is 0.846 bits per heavy atom. The van der Waals surface area contributed by atoms with Crippen molar-refractivity contribution in [1.29, 1.82) is 0 Å². The van der Waals surface area contributed by atoms with Gasteiger partial charge in [0.2, 0.25) is 5.60 Å². The summed E-state index contributed by atoms with van der Waals surface area (Å²) < 4.78 is 42.4. The van der Waals surface area contributed by atoms with Gasteiger partial charge in [0, 0.05) is 26.4 Å². The lowest BCUT2D eigenvalue weighted by atomic mass is 9.94. The molecule has 2 aromatic heterocycles. The molecule has 1 unspecified atom stereocenters. The summed E-state index contributed by atoms with van der Waals surface area (Å²) >= 11 is 2.32. The van der Waals surface area contributed by atoms with Gasteiger partial charge >= 0.3 is 6.18 Å². The van der Waals surface area contributed by atoms with Gasteiger partial charge in [0.25, 0.3) is 0 Å². The van der Waals surface area contributed by atoms with E-state index in [2.05, 4.69) is 4.98 Å². The molecular weight excluding hydrogens is 379 g/mol. The number of nitrogens with zero attached hydrogens (tertiary/aromatic N) is 1. The van der Waals surface area contributed by atoms with Gasteiger partial charge in [0.1, 0.15) is 5.01 Å². The van der Waals surface area contributed by atoms with Crippen molar-refractivity contribution in [3.8, 4) is 11.3 Å². The number of thiazole rings is 1. The van der Waals surface area contributed by atoms with Gasteiger partial charge in [0.15, 0.2) is 0 Å². The molecule has 0 radical (unpaired) electrons. The fourth-order valence-electron chi connectivity index (χ4n) is 2.83. The van der Waals surface area contributed by atoms with Crippen molar-refractivity contribution in [2.75, 3.05) is 0 Å². The fourth-order valence-corrected chi connectivity index (χ4v) is 4.74. The molecule has 0 amide bonds. The maximum absolute atomic E-state index is 13.8. The predicted molar refractivity (Wildman–Crippen MR) is 98.4 cm³/mol. The number of aliphatic hydroxyl groups is 1. The Balaban J connectivity index is 1.85. The topological polar surface area (TPSA) is 33.1 Å². The predicted octanol–water partition coefficient (Wildman–Crippen LogP) is 5.82. The molecule has 0 fully saturated rings. The summed E-state index contributed by atoms with van der Waals surface area (Å²) in [4.78, 5) is 4.17. The van der Waals surface area contributed by atoms with E-state index in [-0.39, 0.29) is 10.6 Å². The highest BCUT2D eigenvalue weighted by molar-refractivity contribution is 7.17. The van der Waals surface area contributed by atoms with Crippen LogP contribution in [0.5, 0.6) is 0 Å². The second-order valence-corrected chi connectivity index (χ2v) is 7.53. The number of rotatable bonds is 3. The molecule has 132 valence electrons. The van der Waals surface area contributed by atoms with E-state index in [4.69, 9.17) is 0 Å². The molecule has 1 atom stereocenters. The van der Waals surface area contributed by atoms with Gasteiger partial charge in [-0.25, -0.2) is 4.98 Å². The van der Waals surface area contributed by atoms with E-state index >= 15 is 0 Å². The minimum Gasteiger partial charge on any atom is -0.370 e. The van der Waals surface area contributed by atoms with E-state index in [1.165, 1.54) is 35.6 Å². The summed E-state index contributed by atoms with van der Waals surface area (Å²) in [5, 5.41) is 14.6. The SMILES string of the molecule is OC(c1ccccc1)(c1nc(-c2csc3ccccc23)cs1)C(F)(F)F. The van der Waals surface area contributed by atoms with Gasteiger partial charge in [0.05, 0.1) is 5.69 Å². The molecule has 0 saturated heterocycles. The van der Waals surface area contributed by atoms with Crippen LogP contribution in [0.2, 0.25) is 0 Å². The van der Waals surface area contributed by atoms with Crippen LogP contribution in [0.4, 0.5) is 13.2 Å². The van der Waals surface area contributed by atoms with Crippen molar-refractivity contribution in [2.45, 2.75) is 11.8 Å². The molecule has 0 aliphatic carbocycles. The van der Waals surface area contributed by atoms with Crippen LogP contribution in [-0.2, 0) is 5.60 Å². The lowest BCUT2D eigenvalue weighted by molar-refractivity contribution is -0.248. The summed E-state index contributed by atoms with van der Waals surface area (Å²) in [5.74, 6) is 0. The molecule has 0 aliphatic heterocycles. The fraction of sp³-hybridized carbons (Fsp3) is 0.105. The van der Waals surface area contributed by atoms with Gasteiger partial charge in [-0.3, -0.25) is 0 Å². The van der Waals surface area contributed by atoms with Gasteiger partial charge < -0.3 is 5.11 Å². The van der Waals surface area contributed by atoms with Crippen LogP contribution >= 0.6 is 22.7 Å². The lowest BCUT2D eigenvalue weighted by Gasteiger charge is -2.28. The van der Waals surface area contributed by atoms with Gasteiger partial charge in [-0.2, -0.15) is 13.2 Å². The van der Waals surface area contributed by atoms with Crippen molar-refractivity contribution in [3.63, 3.8) is 0 Å². The van der Waals surface area contributed by atoms with Gasteiger partial charge in [-0.05, 0) is 11.6 Å². The van der Waals surface area contributed by atoms with Crippen LogP contribution in [0, 0.1) is 0 Å². The molecule has 0 bridgehead atoms. The van der Waals surface area contributed by atoms with Crippen LogP contribution in [0.25, 0.3) is 21.3 Å². The number of benzene rings is 2. The molecule has 1 N–H and O–H groups in total. The number of thiophene rings is 1. The van der Waals surface area contributed by atoms with Crippen LogP contribution in [0.15, 0.2) is 65.4 Å². The van der Waals surface area contributed by atoms with Crippen LogP contribution in [0.1, 0.15) is 10.6 Å². The summed E-state index contributed by atoms with van der Waals surface area (Å²) in [5.41, 5.74) is -2.18. The monoisotopic (exact) mass is 391 g/mol. The first-order valence-electron chi connectivity index (χ1n) is 7.68. The number of aromatic nitrogens is 1. The molecule has 4 rings (SSSR count). The van der Waals surface area contributed by atoms with Gasteiger partial charge in [-0.1, -0.05) is 48.5 Å². The summed E-state index contributed by atoms with van der Waals surface area (Å²) in [6.45, 7) is 0. The average Bonchev–Trinajstić information content (AvgIpc) is 3.27. The second-order valence-electron chi connectivity index (χ2n) is 5.76. The third-order valence-electron chi connectivity index (χ3n) is 4.17. The van der Waals surface area contributed by atoms with Crippen LogP contribution in [-0.4, -0.2) is 16.3 Å².